The number of aromatic hydroxyl groups is 1. The van der Waals surface area contributed by atoms with Crippen LogP contribution in [0.1, 0.15) is 31.9 Å². The van der Waals surface area contributed by atoms with E-state index in [1.54, 1.807) is 12.3 Å². The van der Waals surface area contributed by atoms with Crippen LogP contribution in [-0.4, -0.2) is 25.4 Å². The van der Waals surface area contributed by atoms with Crippen LogP contribution in [0, 0.1) is 0 Å². The van der Waals surface area contributed by atoms with Gasteiger partial charge in [0.25, 0.3) is 0 Å². The number of hydrogen-bond donors (Lipinski definition) is 1. The van der Waals surface area contributed by atoms with Crippen molar-refractivity contribution < 1.29 is 5.11 Å². The number of phenols is 1. The molecule has 3 nitrogen and oxygen atoms in total. The Kier molecular flexibility index (Phi) is 4.55. The molecule has 0 atom stereocenters. The number of phenolic OH excluding ortho intramolecular Hbond substituents is 1. The van der Waals surface area contributed by atoms with Gasteiger partial charge < -0.3 is 10.0 Å². The van der Waals surface area contributed by atoms with Crippen LogP contribution in [0.15, 0.2) is 47.5 Å². The highest BCUT2D eigenvalue weighted by Gasteiger charge is 2.14. The lowest BCUT2D eigenvalue weighted by Gasteiger charge is -2.19. The van der Waals surface area contributed by atoms with E-state index in [0.29, 0.717) is 0 Å². The van der Waals surface area contributed by atoms with E-state index in [9.17, 15) is 5.11 Å². The molecule has 0 aromatic heterocycles. The molecule has 0 unspecified atom stereocenters. The van der Waals surface area contributed by atoms with Crippen LogP contribution < -0.4 is 4.90 Å². The fourth-order valence-electron chi connectivity index (χ4n) is 2.22. The highest BCUT2D eigenvalue weighted by molar-refractivity contribution is 5.87. The zero-order valence-electron chi connectivity index (χ0n) is 14.0. The first-order valence-electron chi connectivity index (χ1n) is 7.43. The maximum absolute atomic E-state index is 10.1. The molecular formula is C19H24N2O. The van der Waals surface area contributed by atoms with Gasteiger partial charge in [-0.15, -0.1) is 0 Å². The summed E-state index contributed by atoms with van der Waals surface area (Å²) in [6, 6.07) is 13.6. The van der Waals surface area contributed by atoms with E-state index in [-0.39, 0.29) is 11.2 Å². The quantitative estimate of drug-likeness (QED) is 0.846. The molecule has 1 N–H and O–H groups in total. The van der Waals surface area contributed by atoms with Crippen LogP contribution in [0.3, 0.4) is 0 Å². The van der Waals surface area contributed by atoms with E-state index in [4.69, 9.17) is 0 Å². The second kappa shape index (κ2) is 6.22. The number of nitrogens with zero attached hydrogens (tertiary/aromatic N) is 2. The molecule has 3 heteroatoms. The molecular weight excluding hydrogens is 272 g/mol. The van der Waals surface area contributed by atoms with Crippen molar-refractivity contribution in [3.8, 4) is 5.75 Å². The minimum Gasteiger partial charge on any atom is -0.507 e. The molecule has 0 spiro atoms. The zero-order valence-corrected chi connectivity index (χ0v) is 14.0. The molecule has 116 valence electrons. The highest BCUT2D eigenvalue weighted by Crippen LogP contribution is 2.29. The monoisotopic (exact) mass is 296 g/mol. The molecule has 0 saturated carbocycles. The van der Waals surface area contributed by atoms with Crippen molar-refractivity contribution in [3.63, 3.8) is 0 Å². The van der Waals surface area contributed by atoms with Gasteiger partial charge in [0, 0.05) is 25.9 Å². The minimum atomic E-state index is 0.0395. The molecule has 0 bridgehead atoms. The van der Waals surface area contributed by atoms with Crippen molar-refractivity contribution >= 4 is 17.6 Å². The van der Waals surface area contributed by atoms with Gasteiger partial charge >= 0.3 is 0 Å². The molecule has 2 rings (SSSR count). The summed E-state index contributed by atoms with van der Waals surface area (Å²) < 4.78 is 0. The molecule has 0 heterocycles. The Morgan fingerprint density at radius 2 is 1.73 bits per heavy atom. The third kappa shape index (κ3) is 3.67. The summed E-state index contributed by atoms with van der Waals surface area (Å²) >= 11 is 0. The van der Waals surface area contributed by atoms with Crippen molar-refractivity contribution in [2.45, 2.75) is 26.2 Å². The second-order valence-electron chi connectivity index (χ2n) is 6.66. The molecule has 22 heavy (non-hydrogen) atoms. The van der Waals surface area contributed by atoms with Gasteiger partial charge in [-0.1, -0.05) is 39.0 Å². The molecule has 2 aromatic rings. The fourth-order valence-corrected chi connectivity index (χ4v) is 2.22. The van der Waals surface area contributed by atoms with Crippen molar-refractivity contribution in [2.75, 3.05) is 19.0 Å². The van der Waals surface area contributed by atoms with E-state index < -0.39 is 0 Å². The van der Waals surface area contributed by atoms with Crippen LogP contribution in [-0.2, 0) is 5.41 Å². The lowest BCUT2D eigenvalue weighted by Crippen LogP contribution is -2.11. The predicted octanol–water partition coefficient (Wildman–Crippen LogP) is 4.51. The standard InChI is InChI=1S/C19H24N2O/c1-19(2,3)15-10-11-18(22)14(12-15)13-20-16-8-6-7-9-17(16)21(4)5/h6-13,22H,1-5H3. The van der Waals surface area contributed by atoms with Crippen LogP contribution in [0.4, 0.5) is 11.4 Å². The van der Waals surface area contributed by atoms with Gasteiger partial charge in [0.15, 0.2) is 0 Å². The van der Waals surface area contributed by atoms with Gasteiger partial charge in [-0.25, -0.2) is 0 Å². The van der Waals surface area contributed by atoms with Crippen molar-refractivity contribution in [1.82, 2.24) is 0 Å². The summed E-state index contributed by atoms with van der Waals surface area (Å²) in [5.41, 5.74) is 3.88. The number of aliphatic imine (C=N–C) groups is 1. The number of hydrogen-bond acceptors (Lipinski definition) is 3. The van der Waals surface area contributed by atoms with Crippen LogP contribution in [0.25, 0.3) is 0 Å². The van der Waals surface area contributed by atoms with Gasteiger partial charge in [-0.3, -0.25) is 4.99 Å². The number of benzene rings is 2. The summed E-state index contributed by atoms with van der Waals surface area (Å²) in [4.78, 5) is 6.58. The van der Waals surface area contributed by atoms with Gasteiger partial charge in [-0.05, 0) is 35.2 Å². The Balaban J connectivity index is 2.39. The summed E-state index contributed by atoms with van der Waals surface area (Å²) in [6.07, 6.45) is 1.73. The summed E-state index contributed by atoms with van der Waals surface area (Å²) in [5.74, 6) is 0.249. The first kappa shape index (κ1) is 16.1. The summed E-state index contributed by atoms with van der Waals surface area (Å²) in [5, 5.41) is 10.1. The normalized spacial score (nSPS) is 11.9. The smallest absolute Gasteiger partial charge is 0.124 e. The predicted molar refractivity (Wildman–Crippen MR) is 94.8 cm³/mol. The lowest BCUT2D eigenvalue weighted by molar-refractivity contribution is 0.473. The average Bonchev–Trinajstić information content (AvgIpc) is 2.45. The average molecular weight is 296 g/mol. The number of anilines is 1. The SMILES string of the molecule is CN(C)c1ccccc1N=Cc1cc(C(C)(C)C)ccc1O. The Bertz CT molecular complexity index is 682. The maximum Gasteiger partial charge on any atom is 0.124 e. The first-order valence-corrected chi connectivity index (χ1v) is 7.43. The van der Waals surface area contributed by atoms with Crippen molar-refractivity contribution in [2.24, 2.45) is 4.99 Å². The Morgan fingerprint density at radius 3 is 2.36 bits per heavy atom. The summed E-state index contributed by atoms with van der Waals surface area (Å²) in [6.45, 7) is 6.46. The second-order valence-corrected chi connectivity index (χ2v) is 6.66. The lowest BCUT2D eigenvalue weighted by atomic mass is 9.86. The highest BCUT2D eigenvalue weighted by atomic mass is 16.3. The first-order chi connectivity index (χ1) is 10.3. The minimum absolute atomic E-state index is 0.0395. The molecule has 2 aromatic carbocycles. The summed E-state index contributed by atoms with van der Waals surface area (Å²) in [7, 11) is 3.98. The van der Waals surface area contributed by atoms with Gasteiger partial charge in [0.2, 0.25) is 0 Å². The van der Waals surface area contributed by atoms with E-state index in [1.807, 2.05) is 55.4 Å². The van der Waals surface area contributed by atoms with E-state index >= 15 is 0 Å². The maximum atomic E-state index is 10.1. The molecule has 0 amide bonds. The van der Waals surface area contributed by atoms with Gasteiger partial charge in [0.1, 0.15) is 5.75 Å². The third-order valence-electron chi connectivity index (χ3n) is 3.60. The molecule has 0 aliphatic carbocycles. The van der Waals surface area contributed by atoms with Gasteiger partial charge in [0.05, 0.1) is 11.4 Å². The molecule has 0 aliphatic heterocycles. The van der Waals surface area contributed by atoms with Crippen LogP contribution in [0.5, 0.6) is 5.75 Å². The number of rotatable bonds is 3. The van der Waals surface area contributed by atoms with E-state index in [2.05, 4.69) is 25.8 Å². The third-order valence-corrected chi connectivity index (χ3v) is 3.60. The topological polar surface area (TPSA) is 35.8 Å². The Labute approximate surface area is 132 Å². The molecule has 0 aliphatic rings. The Hall–Kier alpha value is -2.29. The molecule has 0 saturated heterocycles. The zero-order chi connectivity index (χ0) is 16.3. The van der Waals surface area contributed by atoms with Crippen LogP contribution >= 0.6 is 0 Å². The fraction of sp³-hybridized carbons (Fsp3) is 0.316. The number of para-hydroxylation sites is 2. The molecule has 0 fully saturated rings. The van der Waals surface area contributed by atoms with Crippen molar-refractivity contribution in [3.05, 3.63) is 53.6 Å². The largest absolute Gasteiger partial charge is 0.507 e. The van der Waals surface area contributed by atoms with Crippen LogP contribution in [0.2, 0.25) is 0 Å². The Morgan fingerprint density at radius 1 is 1.05 bits per heavy atom. The van der Waals surface area contributed by atoms with E-state index in [0.717, 1.165) is 16.9 Å². The van der Waals surface area contributed by atoms with Gasteiger partial charge in [-0.2, -0.15) is 0 Å². The molecule has 0 radical (unpaired) electrons. The van der Waals surface area contributed by atoms with Crippen molar-refractivity contribution in [1.29, 1.82) is 0 Å². The van der Waals surface area contributed by atoms with E-state index in [1.165, 1.54) is 5.56 Å².